The minimum absolute atomic E-state index is 0.424. The molecule has 1 aliphatic heterocycles. The molecule has 0 spiro atoms. The third kappa shape index (κ3) is 1.79. The van der Waals surface area contributed by atoms with E-state index in [0.717, 1.165) is 37.5 Å². The summed E-state index contributed by atoms with van der Waals surface area (Å²) in [4.78, 5) is 4.52. The van der Waals surface area contributed by atoms with E-state index in [1.54, 1.807) is 10.7 Å². The molecule has 84 valence electrons. The number of pyridine rings is 1. The van der Waals surface area contributed by atoms with E-state index in [1.165, 1.54) is 0 Å². The van der Waals surface area contributed by atoms with E-state index in [2.05, 4.69) is 10.1 Å². The van der Waals surface area contributed by atoms with Gasteiger partial charge in [-0.05, 0) is 25.0 Å². The first-order valence-electron chi connectivity index (χ1n) is 5.42. The quantitative estimate of drug-likeness (QED) is 0.764. The Morgan fingerprint density at radius 2 is 2.12 bits per heavy atom. The van der Waals surface area contributed by atoms with Crippen molar-refractivity contribution in [2.75, 3.05) is 13.2 Å². The molecule has 0 atom stereocenters. The molecule has 3 rings (SSSR count). The van der Waals surface area contributed by atoms with Crippen LogP contribution < -0.4 is 0 Å². The Bertz CT molecular complexity index is 505. The zero-order chi connectivity index (χ0) is 11.0. The third-order valence-corrected chi connectivity index (χ3v) is 3.12. The van der Waals surface area contributed by atoms with Gasteiger partial charge in [0.1, 0.15) is 0 Å². The fraction of sp³-hybridized carbons (Fsp3) is 0.455. The Kier molecular flexibility index (Phi) is 2.53. The van der Waals surface area contributed by atoms with Crippen LogP contribution in [0.5, 0.6) is 0 Å². The molecule has 0 N–H and O–H groups in total. The summed E-state index contributed by atoms with van der Waals surface area (Å²) in [5.41, 5.74) is 0.853. The fourth-order valence-corrected chi connectivity index (χ4v) is 2.16. The van der Waals surface area contributed by atoms with E-state index in [-0.39, 0.29) is 0 Å². The second-order valence-electron chi connectivity index (χ2n) is 4.01. The van der Waals surface area contributed by atoms with E-state index in [4.69, 9.17) is 16.3 Å². The number of halogens is 1. The Labute approximate surface area is 98.2 Å². The summed E-state index contributed by atoms with van der Waals surface area (Å²) in [5.74, 6) is 1.33. The lowest BCUT2D eigenvalue weighted by Gasteiger charge is -2.18. The molecule has 0 radical (unpaired) electrons. The molecule has 5 heteroatoms. The van der Waals surface area contributed by atoms with Crippen LogP contribution in [0.2, 0.25) is 5.02 Å². The van der Waals surface area contributed by atoms with E-state index in [0.29, 0.717) is 10.9 Å². The van der Waals surface area contributed by atoms with Gasteiger partial charge < -0.3 is 4.74 Å². The highest BCUT2D eigenvalue weighted by Crippen LogP contribution is 2.24. The first-order chi connectivity index (χ1) is 7.83. The lowest BCUT2D eigenvalue weighted by Crippen LogP contribution is -2.15. The normalized spacial score (nSPS) is 18.1. The summed E-state index contributed by atoms with van der Waals surface area (Å²) in [5, 5.41) is 5.14. The van der Waals surface area contributed by atoms with Crippen LogP contribution in [0.4, 0.5) is 0 Å². The lowest BCUT2D eigenvalue weighted by molar-refractivity contribution is 0.0836. The first-order valence-corrected chi connectivity index (χ1v) is 5.80. The maximum Gasteiger partial charge on any atom is 0.155 e. The molecule has 0 saturated carbocycles. The third-order valence-electron chi connectivity index (χ3n) is 2.90. The van der Waals surface area contributed by atoms with Gasteiger partial charge in [-0.15, -0.1) is 0 Å². The standard InChI is InChI=1S/C11H12ClN3O/c12-9-1-2-10-13-11(14-15(10)7-9)8-3-5-16-6-4-8/h1-2,7-8H,3-6H2. The summed E-state index contributed by atoms with van der Waals surface area (Å²) in [6.07, 6.45) is 3.79. The summed E-state index contributed by atoms with van der Waals surface area (Å²) in [6, 6.07) is 3.72. The molecule has 2 aromatic rings. The molecule has 3 heterocycles. The van der Waals surface area contributed by atoms with Gasteiger partial charge in [-0.1, -0.05) is 11.6 Å². The van der Waals surface area contributed by atoms with Gasteiger partial charge in [0.25, 0.3) is 0 Å². The molecule has 1 fully saturated rings. The minimum Gasteiger partial charge on any atom is -0.381 e. The van der Waals surface area contributed by atoms with Crippen molar-refractivity contribution < 1.29 is 4.74 Å². The van der Waals surface area contributed by atoms with Crippen LogP contribution in [0.3, 0.4) is 0 Å². The maximum absolute atomic E-state index is 5.91. The topological polar surface area (TPSA) is 39.4 Å². The Hall–Kier alpha value is -1.13. The van der Waals surface area contributed by atoms with Crippen LogP contribution in [-0.2, 0) is 4.74 Å². The van der Waals surface area contributed by atoms with E-state index in [9.17, 15) is 0 Å². The second-order valence-corrected chi connectivity index (χ2v) is 4.44. The Morgan fingerprint density at radius 3 is 2.94 bits per heavy atom. The fourth-order valence-electron chi connectivity index (χ4n) is 2.00. The maximum atomic E-state index is 5.91. The minimum atomic E-state index is 0.424. The number of nitrogens with zero attached hydrogens (tertiary/aromatic N) is 3. The van der Waals surface area contributed by atoms with Crippen LogP contribution in [0.15, 0.2) is 18.3 Å². The van der Waals surface area contributed by atoms with Crippen molar-refractivity contribution in [1.82, 2.24) is 14.6 Å². The van der Waals surface area contributed by atoms with Gasteiger partial charge in [-0.3, -0.25) is 0 Å². The molecule has 4 nitrogen and oxygen atoms in total. The van der Waals surface area contributed by atoms with Gasteiger partial charge in [-0.2, -0.15) is 5.10 Å². The molecule has 0 unspecified atom stereocenters. The highest BCUT2D eigenvalue weighted by Gasteiger charge is 2.20. The number of ether oxygens (including phenoxy) is 1. The van der Waals surface area contributed by atoms with Crippen molar-refractivity contribution >= 4 is 17.2 Å². The number of rotatable bonds is 1. The van der Waals surface area contributed by atoms with Gasteiger partial charge in [0, 0.05) is 25.3 Å². The average molecular weight is 238 g/mol. The predicted octanol–water partition coefficient (Wildman–Crippen LogP) is 2.28. The van der Waals surface area contributed by atoms with Crippen molar-refractivity contribution in [3.63, 3.8) is 0 Å². The first kappa shape index (κ1) is 10.1. The Balaban J connectivity index is 1.97. The van der Waals surface area contributed by atoms with Crippen LogP contribution in [-0.4, -0.2) is 27.8 Å². The number of aromatic nitrogens is 3. The van der Waals surface area contributed by atoms with Crippen molar-refractivity contribution in [1.29, 1.82) is 0 Å². The summed E-state index contributed by atoms with van der Waals surface area (Å²) < 4.78 is 7.07. The van der Waals surface area contributed by atoms with Crippen LogP contribution in [0, 0.1) is 0 Å². The summed E-state index contributed by atoms with van der Waals surface area (Å²) in [6.45, 7) is 1.61. The SMILES string of the molecule is Clc1ccc2nc(C3CCOCC3)nn2c1. The van der Waals surface area contributed by atoms with E-state index < -0.39 is 0 Å². The number of hydrogen-bond donors (Lipinski definition) is 0. The zero-order valence-corrected chi connectivity index (χ0v) is 9.52. The highest BCUT2D eigenvalue weighted by molar-refractivity contribution is 6.30. The molecule has 1 saturated heterocycles. The highest BCUT2D eigenvalue weighted by atomic mass is 35.5. The van der Waals surface area contributed by atoms with Gasteiger partial charge in [0.05, 0.1) is 5.02 Å². The smallest absolute Gasteiger partial charge is 0.155 e. The molecule has 0 bridgehead atoms. The average Bonchev–Trinajstić information content (AvgIpc) is 2.73. The van der Waals surface area contributed by atoms with Gasteiger partial charge in [0.15, 0.2) is 11.5 Å². The van der Waals surface area contributed by atoms with Gasteiger partial charge in [-0.25, -0.2) is 9.50 Å². The molecular weight excluding hydrogens is 226 g/mol. The van der Waals surface area contributed by atoms with Crippen LogP contribution in [0.25, 0.3) is 5.65 Å². The molecular formula is C11H12ClN3O. The number of fused-ring (bicyclic) bond motifs is 1. The van der Waals surface area contributed by atoms with Crippen molar-refractivity contribution in [3.05, 3.63) is 29.2 Å². The molecule has 0 aliphatic carbocycles. The molecule has 0 amide bonds. The molecule has 0 aromatic carbocycles. The monoisotopic (exact) mass is 237 g/mol. The van der Waals surface area contributed by atoms with E-state index >= 15 is 0 Å². The second kappa shape index (κ2) is 4.03. The summed E-state index contributed by atoms with van der Waals surface area (Å²) >= 11 is 5.91. The van der Waals surface area contributed by atoms with Crippen molar-refractivity contribution in [2.45, 2.75) is 18.8 Å². The van der Waals surface area contributed by atoms with Crippen LogP contribution in [0.1, 0.15) is 24.6 Å². The van der Waals surface area contributed by atoms with Gasteiger partial charge in [0.2, 0.25) is 0 Å². The predicted molar refractivity (Wildman–Crippen MR) is 60.8 cm³/mol. The molecule has 16 heavy (non-hydrogen) atoms. The molecule has 1 aliphatic rings. The molecule has 2 aromatic heterocycles. The van der Waals surface area contributed by atoms with Crippen molar-refractivity contribution in [3.8, 4) is 0 Å². The zero-order valence-electron chi connectivity index (χ0n) is 8.77. The lowest BCUT2D eigenvalue weighted by atomic mass is 10.00. The summed E-state index contributed by atoms with van der Waals surface area (Å²) in [7, 11) is 0. The number of hydrogen-bond acceptors (Lipinski definition) is 3. The Morgan fingerprint density at radius 1 is 1.31 bits per heavy atom. The van der Waals surface area contributed by atoms with Crippen LogP contribution >= 0.6 is 11.6 Å². The van der Waals surface area contributed by atoms with Crippen molar-refractivity contribution in [2.24, 2.45) is 0 Å². The largest absolute Gasteiger partial charge is 0.381 e. The van der Waals surface area contributed by atoms with Gasteiger partial charge >= 0.3 is 0 Å². The van der Waals surface area contributed by atoms with E-state index in [1.807, 2.05) is 12.1 Å².